The monoisotopic (exact) mass is 497 g/mol. The summed E-state index contributed by atoms with van der Waals surface area (Å²) in [4.78, 5) is 16.9. The maximum Gasteiger partial charge on any atom is 0.270 e. The number of benzene rings is 1. The van der Waals surface area contributed by atoms with Crippen LogP contribution in [0.2, 0.25) is 0 Å². The molecule has 3 heterocycles. The van der Waals surface area contributed by atoms with Crippen LogP contribution in [0.1, 0.15) is 13.8 Å². The first-order chi connectivity index (χ1) is 15.7. The van der Waals surface area contributed by atoms with E-state index in [1.165, 1.54) is 4.31 Å². The number of rotatable bonds is 7. The van der Waals surface area contributed by atoms with Crippen LogP contribution in [0.15, 0.2) is 27.5 Å². The Labute approximate surface area is 199 Å². The van der Waals surface area contributed by atoms with Gasteiger partial charge in [-0.1, -0.05) is 0 Å². The fourth-order valence-electron chi connectivity index (χ4n) is 4.13. The maximum absolute atomic E-state index is 13.1. The molecule has 0 bridgehead atoms. The summed E-state index contributed by atoms with van der Waals surface area (Å²) in [6, 6.07) is 5.01. The predicted molar refractivity (Wildman–Crippen MR) is 126 cm³/mol. The zero-order valence-electron chi connectivity index (χ0n) is 19.0. The summed E-state index contributed by atoms with van der Waals surface area (Å²) < 4.78 is 40.5. The first kappa shape index (κ1) is 24.3. The standard InChI is InChI=1S/C21H31N5O5S2/c1-16(2)22-20(27)14-23-5-7-24(8-6-23)15-26-18-13-17(3-4-19(18)31-21(26)32)33(28,29)25-9-11-30-12-10-25/h3-4,13,16H,5-12,14-15H2,1-2H3,(H,22,27). The highest BCUT2D eigenvalue weighted by molar-refractivity contribution is 7.89. The summed E-state index contributed by atoms with van der Waals surface area (Å²) in [7, 11) is -3.62. The van der Waals surface area contributed by atoms with Crippen LogP contribution >= 0.6 is 12.2 Å². The maximum atomic E-state index is 13.1. The lowest BCUT2D eigenvalue weighted by Crippen LogP contribution is -2.50. The minimum atomic E-state index is -3.62. The average Bonchev–Trinajstić information content (AvgIpc) is 3.09. The van der Waals surface area contributed by atoms with E-state index in [1.54, 1.807) is 18.2 Å². The quantitative estimate of drug-likeness (QED) is 0.568. The average molecular weight is 498 g/mol. The molecule has 2 aliphatic heterocycles. The highest BCUT2D eigenvalue weighted by Crippen LogP contribution is 2.25. The molecule has 1 aromatic heterocycles. The lowest BCUT2D eigenvalue weighted by molar-refractivity contribution is -0.123. The third kappa shape index (κ3) is 5.64. The number of carbonyl (C=O) groups excluding carboxylic acids is 1. The number of hydrogen-bond acceptors (Lipinski definition) is 8. The van der Waals surface area contributed by atoms with Crippen LogP contribution in [0.3, 0.4) is 0 Å². The Morgan fingerprint density at radius 1 is 1.09 bits per heavy atom. The van der Waals surface area contributed by atoms with Crippen LogP contribution in [0.25, 0.3) is 11.1 Å². The molecule has 2 saturated heterocycles. The van der Waals surface area contributed by atoms with E-state index in [4.69, 9.17) is 21.4 Å². The highest BCUT2D eigenvalue weighted by atomic mass is 32.2. The Morgan fingerprint density at radius 3 is 2.42 bits per heavy atom. The topological polar surface area (TPSA) is 100 Å². The van der Waals surface area contributed by atoms with Crippen molar-refractivity contribution in [3.05, 3.63) is 23.0 Å². The van der Waals surface area contributed by atoms with Gasteiger partial charge in [0.25, 0.3) is 4.84 Å². The van der Waals surface area contributed by atoms with Crippen molar-refractivity contribution in [2.75, 3.05) is 59.0 Å². The van der Waals surface area contributed by atoms with Crippen LogP contribution in [-0.4, -0.2) is 98.1 Å². The number of aromatic nitrogens is 1. The van der Waals surface area contributed by atoms with Crippen molar-refractivity contribution < 1.29 is 22.4 Å². The van der Waals surface area contributed by atoms with E-state index in [-0.39, 0.29) is 16.8 Å². The normalized spacial score (nSPS) is 19.4. The molecule has 0 aliphatic carbocycles. The van der Waals surface area contributed by atoms with E-state index in [9.17, 15) is 13.2 Å². The van der Waals surface area contributed by atoms with Crippen LogP contribution in [-0.2, 0) is 26.2 Å². The van der Waals surface area contributed by atoms with Gasteiger partial charge in [0.2, 0.25) is 15.9 Å². The molecule has 0 unspecified atom stereocenters. The number of nitrogens with one attached hydrogen (secondary N) is 1. The summed E-state index contributed by atoms with van der Waals surface area (Å²) in [5, 5.41) is 2.92. The minimum Gasteiger partial charge on any atom is -0.429 e. The molecule has 0 atom stereocenters. The predicted octanol–water partition coefficient (Wildman–Crippen LogP) is 1.08. The molecule has 1 N–H and O–H groups in total. The minimum absolute atomic E-state index is 0.0375. The van der Waals surface area contributed by atoms with Gasteiger partial charge in [0.15, 0.2) is 5.58 Å². The SMILES string of the molecule is CC(C)NC(=O)CN1CCN(Cn2c(=S)oc3ccc(S(=O)(=O)N4CCOCC4)cc32)CC1. The van der Waals surface area contributed by atoms with E-state index in [2.05, 4.69) is 15.1 Å². The number of amides is 1. The smallest absolute Gasteiger partial charge is 0.270 e. The number of sulfonamides is 1. The molecule has 1 aromatic carbocycles. The van der Waals surface area contributed by atoms with Gasteiger partial charge in [-0.2, -0.15) is 4.31 Å². The van der Waals surface area contributed by atoms with Crippen molar-refractivity contribution in [1.82, 2.24) is 24.0 Å². The van der Waals surface area contributed by atoms with E-state index in [0.29, 0.717) is 55.5 Å². The number of nitrogens with zero attached hydrogens (tertiary/aromatic N) is 4. The second-order valence-corrected chi connectivity index (χ2v) is 11.0. The molecule has 10 nitrogen and oxygen atoms in total. The van der Waals surface area contributed by atoms with Gasteiger partial charge in [0, 0.05) is 45.3 Å². The largest absolute Gasteiger partial charge is 0.429 e. The molecule has 2 aliphatic rings. The van der Waals surface area contributed by atoms with Gasteiger partial charge in [-0.15, -0.1) is 0 Å². The number of oxazole rings is 1. The molecule has 0 saturated carbocycles. The highest BCUT2D eigenvalue weighted by Gasteiger charge is 2.27. The van der Waals surface area contributed by atoms with Gasteiger partial charge in [0.1, 0.15) is 0 Å². The number of fused-ring (bicyclic) bond motifs is 1. The van der Waals surface area contributed by atoms with Gasteiger partial charge >= 0.3 is 0 Å². The van der Waals surface area contributed by atoms with Crippen molar-refractivity contribution in [2.45, 2.75) is 31.5 Å². The van der Waals surface area contributed by atoms with Crippen LogP contribution in [0.5, 0.6) is 0 Å². The van der Waals surface area contributed by atoms with E-state index in [1.807, 2.05) is 18.4 Å². The molecule has 0 radical (unpaired) electrons. The number of ether oxygens (including phenoxy) is 1. The molecule has 2 fully saturated rings. The Morgan fingerprint density at radius 2 is 1.76 bits per heavy atom. The second kappa shape index (κ2) is 10.2. The lowest BCUT2D eigenvalue weighted by atomic mass is 10.3. The van der Waals surface area contributed by atoms with Crippen molar-refractivity contribution in [3.8, 4) is 0 Å². The summed E-state index contributed by atoms with van der Waals surface area (Å²) in [6.07, 6.45) is 0. The van der Waals surface area contributed by atoms with Gasteiger partial charge in [-0.3, -0.25) is 19.2 Å². The summed E-state index contributed by atoms with van der Waals surface area (Å²) in [5.41, 5.74) is 1.22. The zero-order valence-corrected chi connectivity index (χ0v) is 20.7. The fraction of sp³-hybridized carbons (Fsp3) is 0.619. The zero-order chi connectivity index (χ0) is 23.6. The molecule has 12 heteroatoms. The Balaban J connectivity index is 1.46. The molecule has 2 aromatic rings. The van der Waals surface area contributed by atoms with Crippen molar-refractivity contribution in [1.29, 1.82) is 0 Å². The van der Waals surface area contributed by atoms with Crippen molar-refractivity contribution in [3.63, 3.8) is 0 Å². The van der Waals surface area contributed by atoms with Crippen LogP contribution in [0.4, 0.5) is 0 Å². The van der Waals surface area contributed by atoms with Crippen molar-refractivity contribution >= 4 is 39.2 Å². The third-order valence-electron chi connectivity index (χ3n) is 5.87. The number of piperazine rings is 1. The fourth-order valence-corrected chi connectivity index (χ4v) is 5.81. The van der Waals surface area contributed by atoms with Gasteiger partial charge in [-0.25, -0.2) is 8.42 Å². The number of morpholine rings is 1. The first-order valence-electron chi connectivity index (χ1n) is 11.2. The van der Waals surface area contributed by atoms with Crippen LogP contribution < -0.4 is 5.32 Å². The molecule has 4 rings (SSSR count). The van der Waals surface area contributed by atoms with Crippen molar-refractivity contribution in [2.24, 2.45) is 0 Å². The van der Waals surface area contributed by atoms with Crippen LogP contribution in [0, 0.1) is 4.84 Å². The van der Waals surface area contributed by atoms with E-state index >= 15 is 0 Å². The molecule has 33 heavy (non-hydrogen) atoms. The van der Waals surface area contributed by atoms with Gasteiger partial charge < -0.3 is 14.5 Å². The number of carbonyl (C=O) groups is 1. The number of hydrogen-bond donors (Lipinski definition) is 1. The molecular weight excluding hydrogens is 466 g/mol. The second-order valence-electron chi connectivity index (χ2n) is 8.70. The summed E-state index contributed by atoms with van der Waals surface area (Å²) in [6.45, 7) is 9.36. The van der Waals surface area contributed by atoms with Gasteiger partial charge in [0.05, 0.1) is 36.8 Å². The Kier molecular flexibility index (Phi) is 7.51. The Hall–Kier alpha value is -1.83. The first-order valence-corrected chi connectivity index (χ1v) is 13.0. The lowest BCUT2D eigenvalue weighted by Gasteiger charge is -2.34. The summed E-state index contributed by atoms with van der Waals surface area (Å²) in [5.74, 6) is 0.0375. The summed E-state index contributed by atoms with van der Waals surface area (Å²) >= 11 is 5.43. The van der Waals surface area contributed by atoms with E-state index < -0.39 is 10.0 Å². The van der Waals surface area contributed by atoms with Gasteiger partial charge in [-0.05, 0) is 44.3 Å². The molecule has 0 spiro atoms. The Bertz CT molecular complexity index is 1150. The molecule has 182 valence electrons. The third-order valence-corrected chi connectivity index (χ3v) is 8.07. The molecular formula is C21H31N5O5S2. The molecule has 1 amide bonds. The van der Waals surface area contributed by atoms with E-state index in [0.717, 1.165) is 26.2 Å².